The van der Waals surface area contributed by atoms with Crippen LogP contribution in [0.1, 0.15) is 25.1 Å². The molecule has 0 aliphatic carbocycles. The van der Waals surface area contributed by atoms with Crippen LogP contribution in [0, 0.1) is 11.8 Å². The van der Waals surface area contributed by atoms with E-state index in [0.29, 0.717) is 6.42 Å². The minimum Gasteiger partial charge on any atom is -0.322 e. The Morgan fingerprint density at radius 1 is 1.58 bits per heavy atom. The average Bonchev–Trinajstić information content (AvgIpc) is 2.15. The molecular formula is C10H12N2. The topological polar surface area (TPSA) is 38.9 Å². The molecule has 1 atom stereocenters. The molecule has 1 aromatic rings. The third kappa shape index (κ3) is 2.37. The standard InChI is InChI=1S/C10H12N2/c1-2-3-6-9(11)10-7-4-5-8-12-10/h4-5,7-9H,6,11H2,1H3. The molecule has 0 aliphatic rings. The van der Waals surface area contributed by atoms with E-state index in [1.54, 1.807) is 6.20 Å². The smallest absolute Gasteiger partial charge is 0.0580 e. The van der Waals surface area contributed by atoms with Gasteiger partial charge >= 0.3 is 0 Å². The van der Waals surface area contributed by atoms with Gasteiger partial charge in [-0.3, -0.25) is 4.98 Å². The fraction of sp³-hybridized carbons (Fsp3) is 0.300. The van der Waals surface area contributed by atoms with Crippen molar-refractivity contribution in [1.82, 2.24) is 4.98 Å². The maximum absolute atomic E-state index is 5.82. The summed E-state index contributed by atoms with van der Waals surface area (Å²) in [6, 6.07) is 5.67. The Kier molecular flexibility index (Phi) is 3.31. The first-order valence-corrected chi connectivity index (χ1v) is 3.90. The predicted octanol–water partition coefficient (Wildman–Crippen LogP) is 1.49. The molecule has 0 saturated heterocycles. The zero-order valence-electron chi connectivity index (χ0n) is 7.12. The molecule has 0 aromatic carbocycles. The monoisotopic (exact) mass is 160 g/mol. The molecule has 1 unspecified atom stereocenters. The molecule has 1 heterocycles. The van der Waals surface area contributed by atoms with Crippen molar-refractivity contribution in [3.63, 3.8) is 0 Å². The number of hydrogen-bond acceptors (Lipinski definition) is 2. The molecule has 0 amide bonds. The first-order valence-electron chi connectivity index (χ1n) is 3.90. The highest BCUT2D eigenvalue weighted by atomic mass is 14.8. The molecule has 1 rings (SSSR count). The van der Waals surface area contributed by atoms with E-state index in [4.69, 9.17) is 5.73 Å². The van der Waals surface area contributed by atoms with E-state index < -0.39 is 0 Å². The van der Waals surface area contributed by atoms with Gasteiger partial charge in [0.05, 0.1) is 11.7 Å². The van der Waals surface area contributed by atoms with E-state index >= 15 is 0 Å². The number of nitrogens with two attached hydrogens (primary N) is 1. The van der Waals surface area contributed by atoms with E-state index in [1.165, 1.54) is 0 Å². The highest BCUT2D eigenvalue weighted by molar-refractivity contribution is 5.11. The van der Waals surface area contributed by atoms with Gasteiger partial charge in [-0.15, -0.1) is 11.8 Å². The number of pyridine rings is 1. The van der Waals surface area contributed by atoms with Gasteiger partial charge in [-0.05, 0) is 19.1 Å². The summed E-state index contributed by atoms with van der Waals surface area (Å²) in [5, 5.41) is 0. The third-order valence-electron chi connectivity index (χ3n) is 1.57. The molecule has 0 saturated carbocycles. The normalized spacial score (nSPS) is 11.5. The van der Waals surface area contributed by atoms with Crippen molar-refractivity contribution < 1.29 is 0 Å². The molecule has 0 aliphatic heterocycles. The maximum Gasteiger partial charge on any atom is 0.0580 e. The van der Waals surface area contributed by atoms with Gasteiger partial charge in [0.25, 0.3) is 0 Å². The Bertz CT molecular complexity index is 282. The Labute approximate surface area is 72.8 Å². The van der Waals surface area contributed by atoms with E-state index in [-0.39, 0.29) is 6.04 Å². The summed E-state index contributed by atoms with van der Waals surface area (Å²) >= 11 is 0. The SMILES string of the molecule is CC#CCC(N)c1ccccn1. The van der Waals surface area contributed by atoms with Gasteiger partial charge in [0, 0.05) is 12.6 Å². The predicted molar refractivity (Wildman–Crippen MR) is 49.2 cm³/mol. The molecule has 2 N–H and O–H groups in total. The lowest BCUT2D eigenvalue weighted by Crippen LogP contribution is -2.10. The van der Waals surface area contributed by atoms with Gasteiger partial charge in [-0.25, -0.2) is 0 Å². The highest BCUT2D eigenvalue weighted by Gasteiger charge is 2.03. The van der Waals surface area contributed by atoms with Gasteiger partial charge in [-0.1, -0.05) is 6.07 Å². The summed E-state index contributed by atoms with van der Waals surface area (Å²) in [7, 11) is 0. The molecule has 62 valence electrons. The van der Waals surface area contributed by atoms with Crippen LogP contribution in [0.5, 0.6) is 0 Å². The molecule has 12 heavy (non-hydrogen) atoms. The Morgan fingerprint density at radius 2 is 2.42 bits per heavy atom. The molecule has 0 spiro atoms. The van der Waals surface area contributed by atoms with Gasteiger partial charge in [0.1, 0.15) is 0 Å². The van der Waals surface area contributed by atoms with Gasteiger partial charge in [0.15, 0.2) is 0 Å². The van der Waals surface area contributed by atoms with Crippen molar-refractivity contribution in [1.29, 1.82) is 0 Å². The van der Waals surface area contributed by atoms with E-state index in [0.717, 1.165) is 5.69 Å². The number of rotatable bonds is 2. The Morgan fingerprint density at radius 3 is 3.00 bits per heavy atom. The zero-order chi connectivity index (χ0) is 8.81. The van der Waals surface area contributed by atoms with E-state index in [9.17, 15) is 0 Å². The number of hydrogen-bond donors (Lipinski definition) is 1. The second-order valence-corrected chi connectivity index (χ2v) is 2.49. The Balaban J connectivity index is 2.63. The van der Waals surface area contributed by atoms with Crippen LogP contribution in [0.3, 0.4) is 0 Å². The fourth-order valence-electron chi connectivity index (χ4n) is 0.912. The second-order valence-electron chi connectivity index (χ2n) is 2.49. The molecule has 1 aromatic heterocycles. The van der Waals surface area contributed by atoms with Crippen LogP contribution < -0.4 is 5.73 Å². The summed E-state index contributed by atoms with van der Waals surface area (Å²) < 4.78 is 0. The lowest BCUT2D eigenvalue weighted by atomic mass is 10.1. The first-order chi connectivity index (χ1) is 5.84. The lowest BCUT2D eigenvalue weighted by Gasteiger charge is -2.05. The van der Waals surface area contributed by atoms with E-state index in [1.807, 2.05) is 25.1 Å². The summed E-state index contributed by atoms with van der Waals surface area (Å²) in [6.45, 7) is 1.81. The summed E-state index contributed by atoms with van der Waals surface area (Å²) in [5.41, 5.74) is 6.72. The molecule has 0 fully saturated rings. The minimum absolute atomic E-state index is 0.0568. The number of nitrogens with zero attached hydrogens (tertiary/aromatic N) is 1. The fourth-order valence-corrected chi connectivity index (χ4v) is 0.912. The third-order valence-corrected chi connectivity index (χ3v) is 1.57. The van der Waals surface area contributed by atoms with Crippen molar-refractivity contribution in [2.45, 2.75) is 19.4 Å². The maximum atomic E-state index is 5.82. The summed E-state index contributed by atoms with van der Waals surface area (Å²) in [5.74, 6) is 5.74. The van der Waals surface area contributed by atoms with E-state index in [2.05, 4.69) is 16.8 Å². The van der Waals surface area contributed by atoms with Crippen LogP contribution in [-0.4, -0.2) is 4.98 Å². The van der Waals surface area contributed by atoms with Gasteiger partial charge < -0.3 is 5.73 Å². The largest absolute Gasteiger partial charge is 0.322 e. The minimum atomic E-state index is -0.0568. The first kappa shape index (κ1) is 8.76. The number of aromatic nitrogens is 1. The van der Waals surface area contributed by atoms with Crippen molar-refractivity contribution >= 4 is 0 Å². The van der Waals surface area contributed by atoms with Crippen LogP contribution >= 0.6 is 0 Å². The quantitative estimate of drug-likeness (QED) is 0.666. The summed E-state index contributed by atoms with van der Waals surface area (Å²) in [6.07, 6.45) is 2.42. The van der Waals surface area contributed by atoms with Crippen molar-refractivity contribution in [3.8, 4) is 11.8 Å². The highest BCUT2D eigenvalue weighted by Crippen LogP contribution is 2.08. The van der Waals surface area contributed by atoms with Crippen LogP contribution in [0.4, 0.5) is 0 Å². The van der Waals surface area contributed by atoms with Gasteiger partial charge in [-0.2, -0.15) is 0 Å². The molecule has 0 radical (unpaired) electrons. The van der Waals surface area contributed by atoms with Crippen molar-refractivity contribution in [3.05, 3.63) is 30.1 Å². The van der Waals surface area contributed by atoms with Gasteiger partial charge in [0.2, 0.25) is 0 Å². The van der Waals surface area contributed by atoms with Crippen molar-refractivity contribution in [2.24, 2.45) is 5.73 Å². The Hall–Kier alpha value is -1.33. The summed E-state index contributed by atoms with van der Waals surface area (Å²) in [4.78, 5) is 4.14. The molecule has 0 bridgehead atoms. The van der Waals surface area contributed by atoms with Crippen LogP contribution in [0.2, 0.25) is 0 Å². The molecular weight excluding hydrogens is 148 g/mol. The average molecular weight is 160 g/mol. The van der Waals surface area contributed by atoms with Crippen LogP contribution in [0.25, 0.3) is 0 Å². The van der Waals surface area contributed by atoms with Crippen LogP contribution in [0.15, 0.2) is 24.4 Å². The molecule has 2 nitrogen and oxygen atoms in total. The molecule has 2 heteroatoms. The second kappa shape index (κ2) is 4.53. The zero-order valence-corrected chi connectivity index (χ0v) is 7.12. The lowest BCUT2D eigenvalue weighted by molar-refractivity contribution is 0.725. The van der Waals surface area contributed by atoms with Crippen molar-refractivity contribution in [2.75, 3.05) is 0 Å². The van der Waals surface area contributed by atoms with Crippen LogP contribution in [-0.2, 0) is 0 Å².